The summed E-state index contributed by atoms with van der Waals surface area (Å²) in [5, 5.41) is 0. The van der Waals surface area contributed by atoms with Crippen LogP contribution < -0.4 is 18.9 Å². The molecule has 144 valence electrons. The third-order valence-electron chi connectivity index (χ3n) is 4.70. The van der Waals surface area contributed by atoms with Crippen LogP contribution in [0.5, 0.6) is 23.0 Å². The van der Waals surface area contributed by atoms with E-state index in [1.807, 2.05) is 32.0 Å². The van der Waals surface area contributed by atoms with Gasteiger partial charge in [-0.3, -0.25) is 0 Å². The molecule has 1 aliphatic rings. The Morgan fingerprint density at radius 3 is 2.00 bits per heavy atom. The zero-order chi connectivity index (χ0) is 19.7. The summed E-state index contributed by atoms with van der Waals surface area (Å²) in [5.41, 5.74) is 2.74. The monoisotopic (exact) mass is 372 g/mol. The lowest BCUT2D eigenvalue weighted by molar-refractivity contribution is 0.0453. The first kappa shape index (κ1) is 18.9. The molecule has 0 bridgehead atoms. The quantitative estimate of drug-likeness (QED) is 0.711. The normalized spacial score (nSPS) is 15.4. The van der Waals surface area contributed by atoms with Gasteiger partial charge in [-0.15, -0.1) is 0 Å². The Morgan fingerprint density at radius 1 is 0.889 bits per heavy atom. The van der Waals surface area contributed by atoms with Crippen molar-refractivity contribution in [1.29, 1.82) is 0 Å². The highest BCUT2D eigenvalue weighted by atomic mass is 16.6. The summed E-state index contributed by atoms with van der Waals surface area (Å²) in [6, 6.07) is 7.27. The van der Waals surface area contributed by atoms with Crippen LogP contribution in [0.3, 0.4) is 0 Å². The van der Waals surface area contributed by atoms with E-state index in [0.29, 0.717) is 34.1 Å². The van der Waals surface area contributed by atoms with Crippen molar-refractivity contribution in [3.63, 3.8) is 0 Å². The lowest BCUT2D eigenvalue weighted by Gasteiger charge is -2.19. The highest BCUT2D eigenvalue weighted by molar-refractivity contribution is 5.98. The fourth-order valence-corrected chi connectivity index (χ4v) is 3.47. The highest BCUT2D eigenvalue weighted by Crippen LogP contribution is 2.48. The van der Waals surface area contributed by atoms with Gasteiger partial charge in [0.25, 0.3) is 0 Å². The minimum atomic E-state index is -0.597. The Kier molecular flexibility index (Phi) is 5.17. The van der Waals surface area contributed by atoms with Gasteiger partial charge in [-0.2, -0.15) is 0 Å². The van der Waals surface area contributed by atoms with E-state index in [9.17, 15) is 4.79 Å². The first-order valence-corrected chi connectivity index (χ1v) is 8.67. The zero-order valence-electron chi connectivity index (χ0n) is 16.4. The number of ether oxygens (including phenoxy) is 5. The molecule has 0 spiro atoms. The molecule has 6 heteroatoms. The molecule has 2 aromatic carbocycles. The first-order valence-electron chi connectivity index (χ1n) is 8.67. The molecule has 0 saturated heterocycles. The van der Waals surface area contributed by atoms with E-state index in [2.05, 4.69) is 0 Å². The minimum Gasteiger partial charge on any atom is -0.497 e. The fraction of sp³-hybridized carbons (Fsp3) is 0.381. The van der Waals surface area contributed by atoms with E-state index in [4.69, 9.17) is 23.7 Å². The predicted molar refractivity (Wildman–Crippen MR) is 100 cm³/mol. The standard InChI is InChI=1S/C21H24O6/c1-11(2)17-16(25-5)10-15-18(20(17)26-6)21(22)27-19(15)12-7-13(23-3)9-14(8-12)24-4/h7-11,19H,1-6H3. The summed E-state index contributed by atoms with van der Waals surface area (Å²) in [5.74, 6) is 2.10. The van der Waals surface area contributed by atoms with Crippen molar-refractivity contribution in [1.82, 2.24) is 0 Å². The molecule has 1 heterocycles. The molecule has 1 atom stereocenters. The van der Waals surface area contributed by atoms with Crippen molar-refractivity contribution in [2.75, 3.05) is 28.4 Å². The summed E-state index contributed by atoms with van der Waals surface area (Å²) >= 11 is 0. The molecule has 0 aliphatic carbocycles. The molecule has 2 aromatic rings. The average molecular weight is 372 g/mol. The Hall–Kier alpha value is -2.89. The number of methoxy groups -OCH3 is 4. The van der Waals surface area contributed by atoms with Gasteiger partial charge in [0, 0.05) is 22.8 Å². The van der Waals surface area contributed by atoms with Gasteiger partial charge in [-0.1, -0.05) is 13.8 Å². The predicted octanol–water partition coefficient (Wildman–Crippen LogP) is 4.10. The van der Waals surface area contributed by atoms with E-state index in [1.54, 1.807) is 34.5 Å². The molecular formula is C21H24O6. The SMILES string of the molecule is COc1cc(OC)cc(C2OC(=O)c3c2cc(OC)c(C(C)C)c3OC)c1. The maximum atomic E-state index is 12.7. The smallest absolute Gasteiger partial charge is 0.343 e. The van der Waals surface area contributed by atoms with Crippen molar-refractivity contribution in [3.05, 3.63) is 46.5 Å². The number of hydrogen-bond donors (Lipinski definition) is 0. The summed E-state index contributed by atoms with van der Waals surface area (Å²) in [6.45, 7) is 4.05. The van der Waals surface area contributed by atoms with Gasteiger partial charge in [-0.25, -0.2) is 4.79 Å². The minimum absolute atomic E-state index is 0.115. The molecule has 0 radical (unpaired) electrons. The van der Waals surface area contributed by atoms with Crippen LogP contribution in [0, 0.1) is 0 Å². The van der Waals surface area contributed by atoms with Crippen LogP contribution in [0.4, 0.5) is 0 Å². The number of hydrogen-bond acceptors (Lipinski definition) is 6. The van der Waals surface area contributed by atoms with E-state index in [1.165, 1.54) is 0 Å². The van der Waals surface area contributed by atoms with Crippen molar-refractivity contribution < 1.29 is 28.5 Å². The van der Waals surface area contributed by atoms with E-state index in [-0.39, 0.29) is 5.92 Å². The van der Waals surface area contributed by atoms with Gasteiger partial charge in [0.15, 0.2) is 6.10 Å². The number of carbonyl (C=O) groups excluding carboxylic acids is 1. The number of cyclic esters (lactones) is 1. The van der Waals surface area contributed by atoms with Crippen LogP contribution >= 0.6 is 0 Å². The lowest BCUT2D eigenvalue weighted by atomic mass is 9.91. The van der Waals surface area contributed by atoms with E-state index < -0.39 is 12.1 Å². The summed E-state index contributed by atoms with van der Waals surface area (Å²) < 4.78 is 27.6. The van der Waals surface area contributed by atoms with Crippen LogP contribution in [0.15, 0.2) is 24.3 Å². The van der Waals surface area contributed by atoms with Crippen molar-refractivity contribution in [2.24, 2.45) is 0 Å². The number of carbonyl (C=O) groups is 1. The van der Waals surface area contributed by atoms with Crippen LogP contribution in [-0.2, 0) is 4.74 Å². The third-order valence-corrected chi connectivity index (χ3v) is 4.70. The molecule has 3 rings (SSSR count). The molecule has 1 unspecified atom stereocenters. The highest BCUT2D eigenvalue weighted by Gasteiger charge is 2.38. The number of rotatable bonds is 6. The molecule has 0 fully saturated rings. The fourth-order valence-electron chi connectivity index (χ4n) is 3.47. The topological polar surface area (TPSA) is 63.2 Å². The molecular weight excluding hydrogens is 348 g/mol. The molecule has 6 nitrogen and oxygen atoms in total. The van der Waals surface area contributed by atoms with Gasteiger partial charge in [0.1, 0.15) is 28.6 Å². The summed E-state index contributed by atoms with van der Waals surface area (Å²) in [7, 11) is 6.31. The Labute approximate surface area is 158 Å². The molecule has 0 aromatic heterocycles. The molecule has 0 amide bonds. The van der Waals surface area contributed by atoms with Crippen LogP contribution in [-0.4, -0.2) is 34.4 Å². The van der Waals surface area contributed by atoms with Crippen molar-refractivity contribution in [3.8, 4) is 23.0 Å². The van der Waals surface area contributed by atoms with Gasteiger partial charge in [0.05, 0.1) is 28.4 Å². The van der Waals surface area contributed by atoms with E-state index in [0.717, 1.165) is 11.1 Å². The second kappa shape index (κ2) is 7.39. The first-order chi connectivity index (χ1) is 12.9. The molecule has 1 aliphatic heterocycles. The average Bonchev–Trinajstić information content (AvgIpc) is 3.02. The Morgan fingerprint density at radius 2 is 1.52 bits per heavy atom. The summed E-state index contributed by atoms with van der Waals surface area (Å²) in [6.07, 6.45) is -0.597. The van der Waals surface area contributed by atoms with Crippen LogP contribution in [0.2, 0.25) is 0 Å². The summed E-state index contributed by atoms with van der Waals surface area (Å²) in [4.78, 5) is 12.7. The van der Waals surface area contributed by atoms with E-state index >= 15 is 0 Å². The third kappa shape index (κ3) is 3.16. The van der Waals surface area contributed by atoms with Crippen molar-refractivity contribution in [2.45, 2.75) is 25.9 Å². The molecule has 0 saturated carbocycles. The maximum Gasteiger partial charge on any atom is 0.343 e. The van der Waals surface area contributed by atoms with Gasteiger partial charge >= 0.3 is 5.97 Å². The Bertz CT molecular complexity index is 849. The van der Waals surface area contributed by atoms with Crippen LogP contribution in [0.25, 0.3) is 0 Å². The van der Waals surface area contributed by atoms with Gasteiger partial charge in [-0.05, 0) is 24.1 Å². The maximum absolute atomic E-state index is 12.7. The van der Waals surface area contributed by atoms with Gasteiger partial charge < -0.3 is 23.7 Å². The Balaban J connectivity index is 2.23. The zero-order valence-corrected chi connectivity index (χ0v) is 16.4. The number of fused-ring (bicyclic) bond motifs is 1. The number of esters is 1. The molecule has 27 heavy (non-hydrogen) atoms. The van der Waals surface area contributed by atoms with Crippen molar-refractivity contribution >= 4 is 5.97 Å². The van der Waals surface area contributed by atoms with Crippen LogP contribution in [0.1, 0.15) is 52.9 Å². The second-order valence-electron chi connectivity index (χ2n) is 6.58. The van der Waals surface area contributed by atoms with Gasteiger partial charge in [0.2, 0.25) is 0 Å². The largest absolute Gasteiger partial charge is 0.497 e. The molecule has 0 N–H and O–H groups in total. The second-order valence-corrected chi connectivity index (χ2v) is 6.58. The lowest BCUT2D eigenvalue weighted by Crippen LogP contribution is -2.05. The number of benzene rings is 2.